The molecule has 2 aromatic rings. The average molecular weight is 417 g/mol. The van der Waals surface area contributed by atoms with Crippen LogP contribution in [0.25, 0.3) is 0 Å². The molecule has 0 unspecified atom stereocenters. The number of rotatable bonds is 6. The fraction of sp³-hybridized carbons (Fsp3) is 0.250. The molecule has 0 bridgehead atoms. The molecule has 1 saturated heterocycles. The summed E-state index contributed by atoms with van der Waals surface area (Å²) in [6.45, 7) is 4.07. The summed E-state index contributed by atoms with van der Waals surface area (Å²) in [6, 6.07) is 13.8. The molecule has 1 N–H and O–H groups in total. The fourth-order valence-electron chi connectivity index (χ4n) is 2.78. The maximum absolute atomic E-state index is 12.6. The van der Waals surface area contributed by atoms with Crippen LogP contribution in [0.15, 0.2) is 47.6 Å². The van der Waals surface area contributed by atoms with Crippen molar-refractivity contribution in [2.75, 3.05) is 31.7 Å². The van der Waals surface area contributed by atoms with Crippen LogP contribution in [0.3, 0.4) is 0 Å². The molecule has 0 saturated carbocycles. The second kappa shape index (κ2) is 9.67. The fourth-order valence-corrected chi connectivity index (χ4v) is 3.31. The number of ketones is 1. The standard InChI is InChI=1S/C20H18Cl2N4O2/c21-16-9-17(22)11-18(10-16)24-25-19(12-23)20(27)15-3-1-14(2-4-15)13-26-5-7-28-8-6-26/h1-4,9-11,24H,5-8,13H2/b25-19+. The number of carbonyl (C=O) groups is 1. The van der Waals surface area contributed by atoms with Crippen molar-refractivity contribution in [1.29, 1.82) is 5.26 Å². The molecule has 1 aliphatic rings. The number of nitrogens with zero attached hydrogens (tertiary/aromatic N) is 3. The Hall–Kier alpha value is -2.43. The van der Waals surface area contributed by atoms with E-state index in [1.165, 1.54) is 0 Å². The van der Waals surface area contributed by atoms with E-state index in [1.807, 2.05) is 18.2 Å². The van der Waals surface area contributed by atoms with Crippen LogP contribution >= 0.6 is 23.2 Å². The molecule has 1 fully saturated rings. The van der Waals surface area contributed by atoms with E-state index in [2.05, 4.69) is 15.4 Å². The minimum absolute atomic E-state index is 0.253. The lowest BCUT2D eigenvalue weighted by Crippen LogP contribution is -2.35. The van der Waals surface area contributed by atoms with Gasteiger partial charge in [-0.25, -0.2) is 0 Å². The van der Waals surface area contributed by atoms with Crippen LogP contribution in [-0.2, 0) is 11.3 Å². The average Bonchev–Trinajstić information content (AvgIpc) is 2.69. The largest absolute Gasteiger partial charge is 0.379 e. The topological polar surface area (TPSA) is 77.7 Å². The van der Waals surface area contributed by atoms with Gasteiger partial charge in [-0.05, 0) is 23.8 Å². The number of benzene rings is 2. The molecule has 144 valence electrons. The maximum atomic E-state index is 12.6. The van der Waals surface area contributed by atoms with Gasteiger partial charge in [0.05, 0.1) is 18.9 Å². The second-order valence-electron chi connectivity index (χ2n) is 6.26. The van der Waals surface area contributed by atoms with Crippen molar-refractivity contribution >= 4 is 40.4 Å². The van der Waals surface area contributed by atoms with Crippen LogP contribution < -0.4 is 5.43 Å². The number of nitriles is 1. The molecule has 6 nitrogen and oxygen atoms in total. The summed E-state index contributed by atoms with van der Waals surface area (Å²) in [5, 5.41) is 14.1. The summed E-state index contributed by atoms with van der Waals surface area (Å²) in [5.74, 6) is -0.457. The van der Waals surface area contributed by atoms with Gasteiger partial charge in [-0.3, -0.25) is 15.1 Å². The summed E-state index contributed by atoms with van der Waals surface area (Å²) in [4.78, 5) is 14.9. The number of morpholine rings is 1. The molecule has 28 heavy (non-hydrogen) atoms. The van der Waals surface area contributed by atoms with Crippen LogP contribution in [0.2, 0.25) is 10.0 Å². The van der Waals surface area contributed by atoms with Gasteiger partial charge in [-0.1, -0.05) is 47.5 Å². The van der Waals surface area contributed by atoms with Gasteiger partial charge in [-0.15, -0.1) is 0 Å². The van der Waals surface area contributed by atoms with Crippen LogP contribution in [0.1, 0.15) is 15.9 Å². The zero-order valence-corrected chi connectivity index (χ0v) is 16.5. The first-order valence-electron chi connectivity index (χ1n) is 8.69. The first-order valence-corrected chi connectivity index (χ1v) is 9.44. The van der Waals surface area contributed by atoms with Crippen molar-refractivity contribution in [3.05, 3.63) is 63.6 Å². The Morgan fingerprint density at radius 1 is 1.14 bits per heavy atom. The second-order valence-corrected chi connectivity index (χ2v) is 7.13. The zero-order chi connectivity index (χ0) is 19.9. The normalized spacial score (nSPS) is 15.1. The Morgan fingerprint density at radius 2 is 1.79 bits per heavy atom. The number of hydrazone groups is 1. The number of hydrogen-bond acceptors (Lipinski definition) is 6. The Bertz CT molecular complexity index is 897. The first kappa shape index (κ1) is 20.3. The molecular formula is C20H18Cl2N4O2. The molecule has 0 aliphatic carbocycles. The highest BCUT2D eigenvalue weighted by Gasteiger charge is 2.15. The molecule has 0 aromatic heterocycles. The first-order chi connectivity index (χ1) is 13.5. The third kappa shape index (κ3) is 5.54. The minimum Gasteiger partial charge on any atom is -0.379 e. The summed E-state index contributed by atoms with van der Waals surface area (Å²) in [6.07, 6.45) is 0. The predicted octanol–water partition coefficient (Wildman–Crippen LogP) is 4.00. The van der Waals surface area contributed by atoms with Crippen molar-refractivity contribution in [2.45, 2.75) is 6.54 Å². The van der Waals surface area contributed by atoms with Gasteiger partial charge in [-0.2, -0.15) is 10.4 Å². The lowest BCUT2D eigenvalue weighted by atomic mass is 10.1. The van der Waals surface area contributed by atoms with E-state index < -0.39 is 5.78 Å². The highest BCUT2D eigenvalue weighted by molar-refractivity contribution is 6.51. The number of hydrogen-bond donors (Lipinski definition) is 1. The Balaban J connectivity index is 1.67. The van der Waals surface area contributed by atoms with E-state index >= 15 is 0 Å². The van der Waals surface area contributed by atoms with Gasteiger partial charge in [0.2, 0.25) is 11.5 Å². The van der Waals surface area contributed by atoms with E-state index in [1.54, 1.807) is 30.3 Å². The predicted molar refractivity (Wildman–Crippen MR) is 110 cm³/mol. The molecule has 0 atom stereocenters. The lowest BCUT2D eigenvalue weighted by Gasteiger charge is -2.26. The van der Waals surface area contributed by atoms with Gasteiger partial charge >= 0.3 is 0 Å². The molecule has 0 radical (unpaired) electrons. The number of nitrogens with one attached hydrogen (secondary N) is 1. The van der Waals surface area contributed by atoms with Gasteiger partial charge in [0.25, 0.3) is 0 Å². The monoisotopic (exact) mass is 416 g/mol. The van der Waals surface area contributed by atoms with E-state index in [0.29, 0.717) is 21.3 Å². The van der Waals surface area contributed by atoms with Gasteiger partial charge in [0.15, 0.2) is 0 Å². The number of anilines is 1. The van der Waals surface area contributed by atoms with Gasteiger partial charge in [0.1, 0.15) is 6.07 Å². The SMILES string of the molecule is N#C/C(=N\Nc1cc(Cl)cc(Cl)c1)C(=O)c1ccc(CN2CCOCC2)cc1. The third-order valence-electron chi connectivity index (χ3n) is 4.21. The van der Waals surface area contributed by atoms with Gasteiger partial charge < -0.3 is 4.74 Å². The van der Waals surface area contributed by atoms with Gasteiger partial charge in [0, 0.05) is 35.2 Å². The molecular weight excluding hydrogens is 399 g/mol. The maximum Gasteiger partial charge on any atom is 0.223 e. The lowest BCUT2D eigenvalue weighted by molar-refractivity contribution is 0.0342. The third-order valence-corrected chi connectivity index (χ3v) is 4.64. The van der Waals surface area contributed by atoms with Crippen molar-refractivity contribution in [1.82, 2.24) is 4.90 Å². The molecule has 0 spiro atoms. The van der Waals surface area contributed by atoms with Crippen molar-refractivity contribution in [2.24, 2.45) is 5.10 Å². The number of Topliss-reactive ketones (excluding diaryl/α,β-unsaturated/α-hetero) is 1. The van der Waals surface area contributed by atoms with Crippen molar-refractivity contribution in [3.8, 4) is 6.07 Å². The van der Waals surface area contributed by atoms with Crippen LogP contribution in [0.4, 0.5) is 5.69 Å². The van der Waals surface area contributed by atoms with Crippen LogP contribution in [0, 0.1) is 11.3 Å². The molecule has 3 rings (SSSR count). The number of halogens is 2. The summed E-state index contributed by atoms with van der Waals surface area (Å²) in [7, 11) is 0. The summed E-state index contributed by atoms with van der Waals surface area (Å²) >= 11 is 11.9. The van der Waals surface area contributed by atoms with Crippen molar-refractivity contribution < 1.29 is 9.53 Å². The molecule has 8 heteroatoms. The Labute approximate surface area is 173 Å². The Kier molecular flexibility index (Phi) is 7.01. The Morgan fingerprint density at radius 3 is 2.39 bits per heavy atom. The summed E-state index contributed by atoms with van der Waals surface area (Å²) in [5.41, 5.74) is 4.38. The molecule has 1 heterocycles. The molecule has 1 aliphatic heterocycles. The zero-order valence-electron chi connectivity index (χ0n) is 15.0. The number of ether oxygens (including phenoxy) is 1. The van der Waals surface area contributed by atoms with E-state index in [0.717, 1.165) is 38.4 Å². The van der Waals surface area contributed by atoms with Crippen LogP contribution in [-0.4, -0.2) is 42.7 Å². The van der Waals surface area contributed by atoms with E-state index in [4.69, 9.17) is 27.9 Å². The van der Waals surface area contributed by atoms with E-state index in [-0.39, 0.29) is 5.71 Å². The van der Waals surface area contributed by atoms with E-state index in [9.17, 15) is 10.1 Å². The summed E-state index contributed by atoms with van der Waals surface area (Å²) < 4.78 is 5.34. The smallest absolute Gasteiger partial charge is 0.223 e. The molecule has 2 aromatic carbocycles. The minimum atomic E-state index is -0.457. The number of carbonyl (C=O) groups excluding carboxylic acids is 1. The molecule has 0 amide bonds. The highest BCUT2D eigenvalue weighted by Crippen LogP contribution is 2.22. The highest BCUT2D eigenvalue weighted by atomic mass is 35.5. The quantitative estimate of drug-likeness (QED) is 0.437. The van der Waals surface area contributed by atoms with Crippen molar-refractivity contribution in [3.63, 3.8) is 0 Å². The van der Waals surface area contributed by atoms with Crippen LogP contribution in [0.5, 0.6) is 0 Å².